The van der Waals surface area contributed by atoms with Gasteiger partial charge in [-0.05, 0) is 34.9 Å². The first-order valence-electron chi connectivity index (χ1n) is 11.4. The number of hydrogen-bond donors (Lipinski definition) is 3. The molecule has 0 fully saturated rings. The summed E-state index contributed by atoms with van der Waals surface area (Å²) in [5, 5.41) is 13.1. The molecular formula is C28H24FN3O3. The van der Waals surface area contributed by atoms with Gasteiger partial charge >= 0.3 is 0 Å². The molecule has 1 atom stereocenters. The molecule has 3 N–H and O–H groups in total. The number of aromatic hydroxyl groups is 1. The molecule has 7 heteroatoms. The molecule has 1 unspecified atom stereocenters. The molecule has 35 heavy (non-hydrogen) atoms. The average molecular weight is 470 g/mol. The summed E-state index contributed by atoms with van der Waals surface area (Å²) >= 11 is 0. The van der Waals surface area contributed by atoms with Gasteiger partial charge in [-0.1, -0.05) is 60.7 Å². The number of aromatic nitrogens is 1. The summed E-state index contributed by atoms with van der Waals surface area (Å²) in [6.45, 7) is 0.747. The zero-order valence-electron chi connectivity index (χ0n) is 18.9. The number of hydrogen-bond acceptors (Lipinski definition) is 4. The Balaban J connectivity index is 1.45. The standard InChI is InChI=1S/C28H24FN3O3/c29-21-12-10-18(11-13-21)16-30-28(35)26-27(34)25(33)15-22(31-26)24-14-20-8-4-5-9-23(20)32(24)17-19-6-2-1-3-7-19/h1-13,15,24,34H,14,16-17H2,(H,30,35)(H,31,33). The normalized spacial score (nSPS) is 14.5. The minimum absolute atomic E-state index is 0.125. The molecule has 3 aromatic carbocycles. The molecule has 0 saturated carbocycles. The molecule has 1 amide bonds. The Morgan fingerprint density at radius 2 is 1.71 bits per heavy atom. The number of aromatic amines is 1. The number of amides is 1. The highest BCUT2D eigenvalue weighted by atomic mass is 19.1. The number of benzene rings is 3. The first kappa shape index (κ1) is 22.4. The Hall–Kier alpha value is -4.39. The molecule has 0 radical (unpaired) electrons. The molecule has 176 valence electrons. The Morgan fingerprint density at radius 3 is 2.49 bits per heavy atom. The van der Waals surface area contributed by atoms with Crippen molar-refractivity contribution in [3.63, 3.8) is 0 Å². The van der Waals surface area contributed by atoms with Crippen molar-refractivity contribution in [2.75, 3.05) is 4.90 Å². The van der Waals surface area contributed by atoms with Crippen LogP contribution in [-0.2, 0) is 19.5 Å². The predicted octanol–water partition coefficient (Wildman–Crippen LogP) is 4.45. The summed E-state index contributed by atoms with van der Waals surface area (Å²) in [5.41, 5.74) is 3.76. The van der Waals surface area contributed by atoms with Crippen molar-refractivity contribution in [3.05, 3.63) is 129 Å². The van der Waals surface area contributed by atoms with Gasteiger partial charge < -0.3 is 20.3 Å². The molecule has 5 rings (SSSR count). The van der Waals surface area contributed by atoms with E-state index in [9.17, 15) is 19.1 Å². The second-order valence-electron chi connectivity index (χ2n) is 8.58. The lowest BCUT2D eigenvalue weighted by Gasteiger charge is -2.28. The topological polar surface area (TPSA) is 85.4 Å². The fourth-order valence-corrected chi connectivity index (χ4v) is 4.49. The van der Waals surface area contributed by atoms with E-state index < -0.39 is 17.1 Å². The van der Waals surface area contributed by atoms with Crippen molar-refractivity contribution in [2.45, 2.75) is 25.6 Å². The number of halogens is 1. The maximum atomic E-state index is 13.1. The van der Waals surface area contributed by atoms with Gasteiger partial charge in [0.15, 0.2) is 11.4 Å². The highest BCUT2D eigenvalue weighted by molar-refractivity contribution is 5.94. The monoisotopic (exact) mass is 469 g/mol. The van der Waals surface area contributed by atoms with E-state index in [-0.39, 0.29) is 24.1 Å². The number of nitrogens with one attached hydrogen (secondary N) is 2. The van der Waals surface area contributed by atoms with Gasteiger partial charge in [0.2, 0.25) is 5.43 Å². The van der Waals surface area contributed by atoms with Crippen LogP contribution in [0.2, 0.25) is 0 Å². The van der Waals surface area contributed by atoms with Crippen LogP contribution < -0.4 is 15.6 Å². The van der Waals surface area contributed by atoms with Crippen LogP contribution in [0, 0.1) is 5.82 Å². The third-order valence-electron chi connectivity index (χ3n) is 6.26. The summed E-state index contributed by atoms with van der Waals surface area (Å²) in [4.78, 5) is 30.8. The van der Waals surface area contributed by atoms with Gasteiger partial charge in [0.25, 0.3) is 5.91 Å². The van der Waals surface area contributed by atoms with Gasteiger partial charge in [0.1, 0.15) is 5.82 Å². The van der Waals surface area contributed by atoms with Crippen LogP contribution in [0.1, 0.15) is 38.9 Å². The van der Waals surface area contributed by atoms with E-state index in [2.05, 4.69) is 21.3 Å². The number of H-pyrrole nitrogens is 1. The van der Waals surface area contributed by atoms with Crippen LogP contribution in [0.4, 0.5) is 10.1 Å². The average Bonchev–Trinajstić information content (AvgIpc) is 3.24. The minimum atomic E-state index is -0.629. The Bertz CT molecular complexity index is 1420. The molecule has 4 aromatic rings. The molecule has 6 nitrogen and oxygen atoms in total. The lowest BCUT2D eigenvalue weighted by Crippen LogP contribution is -2.29. The minimum Gasteiger partial charge on any atom is -0.503 e. The zero-order chi connectivity index (χ0) is 24.4. The molecule has 0 spiro atoms. The van der Waals surface area contributed by atoms with Crippen molar-refractivity contribution in [1.29, 1.82) is 0 Å². The molecule has 0 aliphatic carbocycles. The molecule has 2 heterocycles. The van der Waals surface area contributed by atoms with Crippen LogP contribution in [0.3, 0.4) is 0 Å². The van der Waals surface area contributed by atoms with Gasteiger partial charge in [-0.3, -0.25) is 9.59 Å². The number of nitrogens with zero attached hydrogens (tertiary/aromatic N) is 1. The summed E-state index contributed by atoms with van der Waals surface area (Å²) in [7, 11) is 0. The second-order valence-corrected chi connectivity index (χ2v) is 8.58. The maximum Gasteiger partial charge on any atom is 0.271 e. The van der Waals surface area contributed by atoms with Crippen LogP contribution in [0.25, 0.3) is 0 Å². The molecule has 0 saturated heterocycles. The van der Waals surface area contributed by atoms with Crippen molar-refractivity contribution >= 4 is 11.6 Å². The van der Waals surface area contributed by atoms with Crippen LogP contribution >= 0.6 is 0 Å². The SMILES string of the molecule is O=C(NCc1ccc(F)cc1)c1[nH]c(C2Cc3ccccc3N2Cc2ccccc2)cc(=O)c1O. The van der Waals surface area contributed by atoms with E-state index in [0.29, 0.717) is 24.2 Å². The predicted molar refractivity (Wildman–Crippen MR) is 132 cm³/mol. The highest BCUT2D eigenvalue weighted by Crippen LogP contribution is 2.40. The number of rotatable bonds is 6. The van der Waals surface area contributed by atoms with Crippen LogP contribution in [0.15, 0.2) is 89.7 Å². The van der Waals surface area contributed by atoms with Gasteiger partial charge in [-0.2, -0.15) is 0 Å². The summed E-state index contributed by atoms with van der Waals surface area (Å²) in [6.07, 6.45) is 0.653. The molecule has 1 aromatic heterocycles. The van der Waals surface area contributed by atoms with Gasteiger partial charge in [-0.15, -0.1) is 0 Å². The quantitative estimate of drug-likeness (QED) is 0.389. The smallest absolute Gasteiger partial charge is 0.271 e. The molecular weight excluding hydrogens is 445 g/mol. The Morgan fingerprint density at radius 1 is 1.00 bits per heavy atom. The number of pyridine rings is 1. The Kier molecular flexibility index (Phi) is 6.06. The number of anilines is 1. The van der Waals surface area contributed by atoms with Crippen molar-refractivity contribution in [1.82, 2.24) is 10.3 Å². The van der Waals surface area contributed by atoms with Crippen molar-refractivity contribution in [3.8, 4) is 5.75 Å². The maximum absolute atomic E-state index is 13.1. The van der Waals surface area contributed by atoms with E-state index in [1.807, 2.05) is 48.5 Å². The van der Waals surface area contributed by atoms with Gasteiger partial charge in [-0.25, -0.2) is 4.39 Å². The largest absolute Gasteiger partial charge is 0.503 e. The number of carbonyl (C=O) groups is 1. The number of carbonyl (C=O) groups excluding carboxylic acids is 1. The molecule has 0 bridgehead atoms. The van der Waals surface area contributed by atoms with E-state index in [4.69, 9.17) is 0 Å². The van der Waals surface area contributed by atoms with E-state index >= 15 is 0 Å². The second kappa shape index (κ2) is 9.46. The summed E-state index contributed by atoms with van der Waals surface area (Å²) < 4.78 is 13.1. The van der Waals surface area contributed by atoms with E-state index in [0.717, 1.165) is 16.8 Å². The summed E-state index contributed by atoms with van der Waals surface area (Å²) in [5.74, 6) is -1.61. The first-order chi connectivity index (χ1) is 17.0. The summed E-state index contributed by atoms with van der Waals surface area (Å²) in [6, 6.07) is 25.0. The first-order valence-corrected chi connectivity index (χ1v) is 11.4. The lowest BCUT2D eigenvalue weighted by molar-refractivity contribution is 0.0942. The molecule has 1 aliphatic rings. The molecule has 1 aliphatic heterocycles. The fourth-order valence-electron chi connectivity index (χ4n) is 4.49. The fraction of sp³-hybridized carbons (Fsp3) is 0.143. The van der Waals surface area contributed by atoms with Gasteiger partial charge in [0, 0.05) is 37.0 Å². The van der Waals surface area contributed by atoms with E-state index in [1.54, 1.807) is 12.1 Å². The lowest BCUT2D eigenvalue weighted by atomic mass is 10.1. The zero-order valence-corrected chi connectivity index (χ0v) is 18.9. The van der Waals surface area contributed by atoms with Crippen molar-refractivity contribution in [2.24, 2.45) is 0 Å². The third-order valence-corrected chi connectivity index (χ3v) is 6.26. The highest BCUT2D eigenvalue weighted by Gasteiger charge is 2.32. The number of fused-ring (bicyclic) bond motifs is 1. The van der Waals surface area contributed by atoms with Crippen LogP contribution in [-0.4, -0.2) is 16.0 Å². The van der Waals surface area contributed by atoms with E-state index in [1.165, 1.54) is 18.2 Å². The third kappa shape index (κ3) is 4.66. The van der Waals surface area contributed by atoms with Gasteiger partial charge in [0.05, 0.1) is 6.04 Å². The number of para-hydroxylation sites is 1. The van der Waals surface area contributed by atoms with Crippen molar-refractivity contribution < 1.29 is 14.3 Å². The Labute approximate surface area is 201 Å². The van der Waals surface area contributed by atoms with Crippen LogP contribution in [0.5, 0.6) is 5.75 Å².